The first-order chi connectivity index (χ1) is 16.1. The van der Waals surface area contributed by atoms with E-state index >= 15 is 0 Å². The molecule has 1 fully saturated rings. The Kier molecular flexibility index (Phi) is 7.80. The number of rotatable bonds is 10. The molecule has 0 radical (unpaired) electrons. The fourth-order valence-electron chi connectivity index (χ4n) is 4.39. The lowest BCUT2D eigenvalue weighted by Gasteiger charge is -2.29. The molecule has 1 aromatic heterocycles. The quantitative estimate of drug-likeness (QED) is 0.528. The van der Waals surface area contributed by atoms with Crippen molar-refractivity contribution in [1.82, 2.24) is 4.90 Å². The molecule has 176 valence electrons. The zero-order chi connectivity index (χ0) is 23.2. The summed E-state index contributed by atoms with van der Waals surface area (Å²) in [4.78, 5) is 29.8. The van der Waals surface area contributed by atoms with Gasteiger partial charge in [-0.05, 0) is 41.3 Å². The van der Waals surface area contributed by atoms with E-state index in [2.05, 4.69) is 0 Å². The summed E-state index contributed by atoms with van der Waals surface area (Å²) in [6.07, 6.45) is 1.62. The van der Waals surface area contributed by atoms with Crippen LogP contribution in [0, 0.1) is 0 Å². The van der Waals surface area contributed by atoms with Crippen molar-refractivity contribution in [3.63, 3.8) is 0 Å². The summed E-state index contributed by atoms with van der Waals surface area (Å²) in [6.45, 7) is 7.30. The molecular weight excluding hydrogens is 440 g/mol. The minimum atomic E-state index is -0.704. The van der Waals surface area contributed by atoms with Gasteiger partial charge < -0.3 is 24.4 Å². The molecule has 1 atom stereocenters. The highest BCUT2D eigenvalue weighted by Crippen LogP contribution is 2.39. The van der Waals surface area contributed by atoms with Crippen molar-refractivity contribution in [2.24, 2.45) is 0 Å². The Bertz CT molecular complexity index is 998. The summed E-state index contributed by atoms with van der Waals surface area (Å²) < 4.78 is 11.2. The second-order valence-electron chi connectivity index (χ2n) is 8.34. The molecular formula is C25H30N2O5S. The topological polar surface area (TPSA) is 83.3 Å². The summed E-state index contributed by atoms with van der Waals surface area (Å²) >= 11 is 1.28. The number of thiophene rings is 1. The van der Waals surface area contributed by atoms with Gasteiger partial charge in [-0.1, -0.05) is 25.1 Å². The third-order valence-corrected chi connectivity index (χ3v) is 6.92. The van der Waals surface area contributed by atoms with E-state index in [9.17, 15) is 14.7 Å². The van der Waals surface area contributed by atoms with Gasteiger partial charge in [-0.15, -0.1) is 11.3 Å². The van der Waals surface area contributed by atoms with Crippen molar-refractivity contribution < 1.29 is 29.1 Å². The number of benzene rings is 1. The van der Waals surface area contributed by atoms with E-state index in [1.54, 1.807) is 22.4 Å². The third kappa shape index (κ3) is 5.29. The SMILES string of the molecule is CCCOc1cccc(C2C(C(=O)c3cccs3)=C([O-])C(=O)N2CCC[NH+]2CCOCC2)c1. The Hall–Kier alpha value is -2.68. The third-order valence-electron chi connectivity index (χ3n) is 6.05. The molecule has 2 aliphatic heterocycles. The standard InChI is InChI=1S/C25H30N2O5S/c1-2-13-32-19-7-3-6-18(17-19)22-21(23(28)20-8-4-16-33-20)24(29)25(30)27(22)10-5-9-26-11-14-31-15-12-26/h3-4,6-8,16-17,22,29H,2,5,9-15H2,1H3. The molecule has 3 heterocycles. The number of Topliss-reactive ketones (excluding diaryl/α,β-unsaturated/α-hetero) is 1. The normalized spacial score (nSPS) is 19.4. The summed E-state index contributed by atoms with van der Waals surface area (Å²) in [7, 11) is 0. The number of ether oxygens (including phenoxy) is 2. The molecule has 2 aliphatic rings. The predicted octanol–water partition coefficient (Wildman–Crippen LogP) is 1.22. The summed E-state index contributed by atoms with van der Waals surface area (Å²) in [5.74, 6) is -0.995. The highest BCUT2D eigenvalue weighted by molar-refractivity contribution is 7.12. The molecule has 1 aromatic carbocycles. The Morgan fingerprint density at radius 2 is 2.09 bits per heavy atom. The smallest absolute Gasteiger partial charge is 0.239 e. The number of quaternary nitrogens is 1. The first-order valence-electron chi connectivity index (χ1n) is 11.5. The second kappa shape index (κ2) is 11.0. The average Bonchev–Trinajstić information content (AvgIpc) is 3.46. The lowest BCUT2D eigenvalue weighted by molar-refractivity contribution is -0.908. The number of nitrogens with one attached hydrogen (secondary N) is 1. The van der Waals surface area contributed by atoms with Crippen molar-refractivity contribution in [3.05, 3.63) is 63.6 Å². The van der Waals surface area contributed by atoms with Crippen molar-refractivity contribution in [3.8, 4) is 5.75 Å². The number of morpholine rings is 1. The largest absolute Gasteiger partial charge is 0.868 e. The van der Waals surface area contributed by atoms with Crippen LogP contribution < -0.4 is 14.7 Å². The molecule has 7 nitrogen and oxygen atoms in total. The van der Waals surface area contributed by atoms with Crippen LogP contribution in [-0.2, 0) is 9.53 Å². The van der Waals surface area contributed by atoms with Gasteiger partial charge in [-0.25, -0.2) is 0 Å². The molecule has 1 N–H and O–H groups in total. The number of carbonyl (C=O) groups excluding carboxylic acids is 2. The maximum atomic E-state index is 13.3. The van der Waals surface area contributed by atoms with Crippen LogP contribution >= 0.6 is 11.3 Å². The number of carbonyl (C=O) groups is 2. The molecule has 1 unspecified atom stereocenters. The summed E-state index contributed by atoms with van der Waals surface area (Å²) in [5.41, 5.74) is 0.759. The van der Waals surface area contributed by atoms with Crippen molar-refractivity contribution in [1.29, 1.82) is 0 Å². The molecule has 2 aromatic rings. The molecule has 33 heavy (non-hydrogen) atoms. The summed E-state index contributed by atoms with van der Waals surface area (Å²) in [5, 5.41) is 14.9. The fourth-order valence-corrected chi connectivity index (χ4v) is 5.07. The van der Waals surface area contributed by atoms with Gasteiger partial charge in [-0.3, -0.25) is 9.59 Å². The van der Waals surface area contributed by atoms with E-state index in [1.807, 2.05) is 31.2 Å². The van der Waals surface area contributed by atoms with Crippen LogP contribution in [0.1, 0.15) is 41.0 Å². The highest BCUT2D eigenvalue weighted by atomic mass is 32.1. The monoisotopic (exact) mass is 470 g/mol. The van der Waals surface area contributed by atoms with Gasteiger partial charge in [-0.2, -0.15) is 0 Å². The van der Waals surface area contributed by atoms with Crippen molar-refractivity contribution >= 4 is 23.0 Å². The first-order valence-corrected chi connectivity index (χ1v) is 12.4. The number of hydrogen-bond acceptors (Lipinski definition) is 6. The van der Waals surface area contributed by atoms with Gasteiger partial charge in [0.1, 0.15) is 18.8 Å². The number of ketones is 1. The number of nitrogens with zero attached hydrogens (tertiary/aromatic N) is 1. The Morgan fingerprint density at radius 3 is 2.82 bits per heavy atom. The lowest BCUT2D eigenvalue weighted by Crippen LogP contribution is -3.14. The molecule has 0 spiro atoms. The fraction of sp³-hybridized carbons (Fsp3) is 0.440. The van der Waals surface area contributed by atoms with E-state index < -0.39 is 17.7 Å². The van der Waals surface area contributed by atoms with Crippen LogP contribution in [0.25, 0.3) is 0 Å². The minimum absolute atomic E-state index is 0.0359. The molecule has 0 bridgehead atoms. The van der Waals surface area contributed by atoms with E-state index in [-0.39, 0.29) is 11.4 Å². The van der Waals surface area contributed by atoms with Gasteiger partial charge in [0.05, 0.1) is 37.3 Å². The second-order valence-corrected chi connectivity index (χ2v) is 9.28. The predicted molar refractivity (Wildman–Crippen MR) is 123 cm³/mol. The molecule has 8 heteroatoms. The maximum Gasteiger partial charge on any atom is 0.239 e. The first kappa shape index (κ1) is 23.5. The van der Waals surface area contributed by atoms with Crippen LogP contribution in [-0.4, -0.2) is 62.6 Å². The van der Waals surface area contributed by atoms with Crippen LogP contribution in [0.2, 0.25) is 0 Å². The highest BCUT2D eigenvalue weighted by Gasteiger charge is 2.39. The van der Waals surface area contributed by atoms with E-state index in [0.29, 0.717) is 23.8 Å². The molecule has 0 aliphatic carbocycles. The number of hydrogen-bond donors (Lipinski definition) is 1. The molecule has 1 amide bonds. The van der Waals surface area contributed by atoms with Crippen LogP contribution in [0.5, 0.6) is 5.75 Å². The van der Waals surface area contributed by atoms with Gasteiger partial charge in [0.2, 0.25) is 11.7 Å². The van der Waals surface area contributed by atoms with Gasteiger partial charge in [0.25, 0.3) is 0 Å². The minimum Gasteiger partial charge on any atom is -0.868 e. The Labute approximate surface area is 198 Å². The van der Waals surface area contributed by atoms with Gasteiger partial charge >= 0.3 is 0 Å². The van der Waals surface area contributed by atoms with Crippen LogP contribution in [0.4, 0.5) is 0 Å². The maximum absolute atomic E-state index is 13.3. The van der Waals surface area contributed by atoms with Crippen molar-refractivity contribution in [2.45, 2.75) is 25.8 Å². The molecule has 1 saturated heterocycles. The van der Waals surface area contributed by atoms with E-state index in [4.69, 9.17) is 9.47 Å². The summed E-state index contributed by atoms with van der Waals surface area (Å²) in [6, 6.07) is 10.2. The Balaban J connectivity index is 1.61. The number of amides is 1. The average molecular weight is 471 g/mol. The van der Waals surface area contributed by atoms with Crippen molar-refractivity contribution in [2.75, 3.05) is 46.0 Å². The van der Waals surface area contributed by atoms with Gasteiger partial charge in [0, 0.05) is 18.5 Å². The van der Waals surface area contributed by atoms with E-state index in [1.165, 1.54) is 16.2 Å². The van der Waals surface area contributed by atoms with Crippen LogP contribution in [0.3, 0.4) is 0 Å². The van der Waals surface area contributed by atoms with Gasteiger partial charge in [0.15, 0.2) is 0 Å². The zero-order valence-electron chi connectivity index (χ0n) is 18.9. The van der Waals surface area contributed by atoms with E-state index in [0.717, 1.165) is 51.3 Å². The lowest BCUT2D eigenvalue weighted by atomic mass is 9.95. The molecule has 4 rings (SSSR count). The Morgan fingerprint density at radius 1 is 1.27 bits per heavy atom. The van der Waals surface area contributed by atoms with Crippen LogP contribution in [0.15, 0.2) is 53.1 Å². The zero-order valence-corrected chi connectivity index (χ0v) is 19.7. The molecule has 0 saturated carbocycles.